The normalized spacial score (nSPS) is 13.8. The summed E-state index contributed by atoms with van der Waals surface area (Å²) in [5, 5.41) is 13.0. The molecule has 0 bridgehead atoms. The number of rotatable bonds is 5. The van der Waals surface area contributed by atoms with Crippen molar-refractivity contribution in [3.8, 4) is 0 Å². The molecule has 106 valence electrons. The van der Waals surface area contributed by atoms with Gasteiger partial charge in [0.1, 0.15) is 5.76 Å². The fourth-order valence-corrected chi connectivity index (χ4v) is 2.49. The summed E-state index contributed by atoms with van der Waals surface area (Å²) in [6.45, 7) is 1.84. The smallest absolute Gasteiger partial charge is 0.252 e. The molecule has 1 heterocycles. The van der Waals surface area contributed by atoms with Crippen LogP contribution in [0.1, 0.15) is 23.0 Å². The van der Waals surface area contributed by atoms with Gasteiger partial charge in [0.05, 0.1) is 17.4 Å². The lowest BCUT2D eigenvalue weighted by molar-refractivity contribution is 0.0510. The Morgan fingerprint density at radius 2 is 2.10 bits per heavy atom. The van der Waals surface area contributed by atoms with E-state index in [0.717, 1.165) is 3.57 Å². The van der Waals surface area contributed by atoms with Gasteiger partial charge in [0.2, 0.25) is 0 Å². The molecule has 0 aliphatic heterocycles. The van der Waals surface area contributed by atoms with E-state index in [4.69, 9.17) is 4.42 Å². The maximum Gasteiger partial charge on any atom is 0.252 e. The molecule has 0 radical (unpaired) electrons. The van der Waals surface area contributed by atoms with Crippen LogP contribution in [0.2, 0.25) is 0 Å². The first-order chi connectivity index (χ1) is 9.48. The molecule has 1 aromatic heterocycles. The van der Waals surface area contributed by atoms with Crippen LogP contribution in [0.25, 0.3) is 0 Å². The Kier molecular flexibility index (Phi) is 4.82. The third kappa shape index (κ3) is 4.08. The van der Waals surface area contributed by atoms with Crippen LogP contribution in [0.4, 0.5) is 0 Å². The second kappa shape index (κ2) is 6.41. The number of carbonyl (C=O) groups excluding carboxylic acids is 1. The Morgan fingerprint density at radius 1 is 1.35 bits per heavy atom. The topological polar surface area (TPSA) is 62.5 Å². The third-order valence-electron chi connectivity index (χ3n) is 2.88. The van der Waals surface area contributed by atoms with Gasteiger partial charge in [-0.15, -0.1) is 0 Å². The highest BCUT2D eigenvalue weighted by molar-refractivity contribution is 14.1. The van der Waals surface area contributed by atoms with E-state index in [9.17, 15) is 9.90 Å². The molecular formula is C15H16INO3. The van der Waals surface area contributed by atoms with Crippen LogP contribution in [0.5, 0.6) is 0 Å². The molecule has 5 heteroatoms. The average Bonchev–Trinajstić information content (AvgIpc) is 2.89. The molecule has 0 aliphatic carbocycles. The quantitative estimate of drug-likeness (QED) is 0.778. The summed E-state index contributed by atoms with van der Waals surface area (Å²) >= 11 is 2.12. The Morgan fingerprint density at radius 3 is 2.75 bits per heavy atom. The molecule has 0 aliphatic rings. The van der Waals surface area contributed by atoms with Crippen LogP contribution in [0.3, 0.4) is 0 Å². The van der Waals surface area contributed by atoms with Gasteiger partial charge in [0.25, 0.3) is 5.91 Å². The van der Waals surface area contributed by atoms with E-state index in [1.54, 1.807) is 31.4 Å². The van der Waals surface area contributed by atoms with Crippen molar-refractivity contribution in [3.63, 3.8) is 0 Å². The fraction of sp³-hybridized carbons (Fsp3) is 0.267. The minimum atomic E-state index is -1.05. The first kappa shape index (κ1) is 15.1. The third-order valence-corrected chi connectivity index (χ3v) is 3.82. The summed E-state index contributed by atoms with van der Waals surface area (Å²) in [4.78, 5) is 12.1. The van der Waals surface area contributed by atoms with Gasteiger partial charge in [-0.3, -0.25) is 4.79 Å². The molecule has 2 rings (SSSR count). The zero-order valence-corrected chi connectivity index (χ0v) is 13.3. The van der Waals surface area contributed by atoms with Crippen molar-refractivity contribution in [2.45, 2.75) is 18.9 Å². The van der Waals surface area contributed by atoms with Gasteiger partial charge in [-0.25, -0.2) is 0 Å². The maximum atomic E-state index is 12.1. The molecule has 2 N–H and O–H groups in total. The van der Waals surface area contributed by atoms with Crippen molar-refractivity contribution in [3.05, 3.63) is 57.6 Å². The number of aliphatic hydroxyl groups is 1. The van der Waals surface area contributed by atoms with Crippen LogP contribution in [-0.4, -0.2) is 23.2 Å². The predicted octanol–water partition coefficient (Wildman–Crippen LogP) is 2.61. The van der Waals surface area contributed by atoms with Crippen molar-refractivity contribution in [1.29, 1.82) is 0 Å². The zero-order valence-electron chi connectivity index (χ0n) is 11.1. The van der Waals surface area contributed by atoms with Crippen LogP contribution in [0.15, 0.2) is 47.1 Å². The van der Waals surface area contributed by atoms with Crippen molar-refractivity contribution in [2.75, 3.05) is 6.54 Å². The van der Waals surface area contributed by atoms with E-state index in [-0.39, 0.29) is 12.5 Å². The number of halogens is 1. The Labute approximate surface area is 131 Å². The van der Waals surface area contributed by atoms with Crippen LogP contribution in [-0.2, 0) is 6.42 Å². The first-order valence-corrected chi connectivity index (χ1v) is 7.33. The van der Waals surface area contributed by atoms with Gasteiger partial charge < -0.3 is 14.8 Å². The molecule has 0 saturated carbocycles. The van der Waals surface area contributed by atoms with E-state index >= 15 is 0 Å². The predicted molar refractivity (Wildman–Crippen MR) is 84.5 cm³/mol. The number of hydrogen-bond acceptors (Lipinski definition) is 3. The van der Waals surface area contributed by atoms with Crippen molar-refractivity contribution >= 4 is 28.5 Å². The highest BCUT2D eigenvalue weighted by Crippen LogP contribution is 2.14. The number of hydrogen-bond donors (Lipinski definition) is 2. The monoisotopic (exact) mass is 385 g/mol. The molecule has 0 fully saturated rings. The molecule has 0 saturated heterocycles. The SMILES string of the molecule is CC(O)(CNC(=O)c1ccccc1I)Cc1ccco1. The lowest BCUT2D eigenvalue weighted by Gasteiger charge is -2.22. The highest BCUT2D eigenvalue weighted by atomic mass is 127. The summed E-state index contributed by atoms with van der Waals surface area (Å²) in [5.74, 6) is 0.508. The van der Waals surface area contributed by atoms with E-state index in [1.165, 1.54) is 0 Å². The van der Waals surface area contributed by atoms with Crippen molar-refractivity contribution in [2.24, 2.45) is 0 Å². The van der Waals surface area contributed by atoms with Gasteiger partial charge in [-0.2, -0.15) is 0 Å². The minimum Gasteiger partial charge on any atom is -0.469 e. The number of nitrogens with one attached hydrogen (secondary N) is 1. The molecule has 1 aromatic carbocycles. The molecule has 1 atom stereocenters. The molecule has 2 aromatic rings. The van der Waals surface area contributed by atoms with Gasteiger partial charge in [-0.1, -0.05) is 12.1 Å². The van der Waals surface area contributed by atoms with E-state index in [2.05, 4.69) is 27.9 Å². The Hall–Kier alpha value is -1.34. The van der Waals surface area contributed by atoms with Gasteiger partial charge in [-0.05, 0) is 53.8 Å². The van der Waals surface area contributed by atoms with E-state index in [0.29, 0.717) is 17.7 Å². The van der Waals surface area contributed by atoms with Crippen LogP contribution >= 0.6 is 22.6 Å². The second-order valence-corrected chi connectivity index (χ2v) is 6.08. The Balaban J connectivity index is 1.94. The number of carbonyl (C=O) groups is 1. The molecule has 4 nitrogen and oxygen atoms in total. The van der Waals surface area contributed by atoms with Gasteiger partial charge in [0.15, 0.2) is 0 Å². The number of furan rings is 1. The molecular weight excluding hydrogens is 369 g/mol. The van der Waals surface area contributed by atoms with E-state index < -0.39 is 5.60 Å². The standard InChI is InChI=1S/C15H16INO3/c1-15(19,9-11-5-4-8-20-11)10-17-14(18)12-6-2-3-7-13(12)16/h2-8,19H,9-10H2,1H3,(H,17,18). The summed E-state index contributed by atoms with van der Waals surface area (Å²) in [6, 6.07) is 10.9. The summed E-state index contributed by atoms with van der Waals surface area (Å²) < 4.78 is 6.09. The minimum absolute atomic E-state index is 0.164. The average molecular weight is 385 g/mol. The Bertz CT molecular complexity index is 579. The molecule has 0 spiro atoms. The fourth-order valence-electron chi connectivity index (χ4n) is 1.86. The highest BCUT2D eigenvalue weighted by Gasteiger charge is 2.23. The lowest BCUT2D eigenvalue weighted by atomic mass is 10.0. The van der Waals surface area contributed by atoms with Crippen molar-refractivity contribution < 1.29 is 14.3 Å². The summed E-state index contributed by atoms with van der Waals surface area (Å²) in [7, 11) is 0. The zero-order chi connectivity index (χ0) is 14.6. The van der Waals surface area contributed by atoms with Crippen LogP contribution in [0, 0.1) is 3.57 Å². The molecule has 1 unspecified atom stereocenters. The largest absolute Gasteiger partial charge is 0.469 e. The molecule has 20 heavy (non-hydrogen) atoms. The van der Waals surface area contributed by atoms with Crippen molar-refractivity contribution in [1.82, 2.24) is 5.32 Å². The number of amides is 1. The summed E-state index contributed by atoms with van der Waals surface area (Å²) in [5.41, 5.74) is -0.435. The number of benzene rings is 1. The maximum absolute atomic E-state index is 12.1. The van der Waals surface area contributed by atoms with Gasteiger partial charge in [0, 0.05) is 16.5 Å². The lowest BCUT2D eigenvalue weighted by Crippen LogP contribution is -2.42. The summed E-state index contributed by atoms with van der Waals surface area (Å²) in [6.07, 6.45) is 1.92. The molecule has 1 amide bonds. The second-order valence-electron chi connectivity index (χ2n) is 4.92. The van der Waals surface area contributed by atoms with Gasteiger partial charge >= 0.3 is 0 Å². The van der Waals surface area contributed by atoms with E-state index in [1.807, 2.05) is 18.2 Å². The van der Waals surface area contributed by atoms with Crippen LogP contribution < -0.4 is 5.32 Å². The first-order valence-electron chi connectivity index (χ1n) is 6.25.